The third-order valence-corrected chi connectivity index (χ3v) is 5.83. The smallest absolute Gasteiger partial charge is 0.225 e. The fourth-order valence-electron chi connectivity index (χ4n) is 3.22. The molecule has 0 aromatic heterocycles. The Balaban J connectivity index is 2.00. The van der Waals surface area contributed by atoms with Crippen LogP contribution >= 0.6 is 11.8 Å². The molecule has 0 radical (unpaired) electrons. The molecule has 0 N–H and O–H groups in total. The van der Waals surface area contributed by atoms with E-state index in [1.54, 1.807) is 0 Å². The lowest BCUT2D eigenvalue weighted by atomic mass is 10.0. The van der Waals surface area contributed by atoms with Crippen molar-refractivity contribution < 1.29 is 9.53 Å². The van der Waals surface area contributed by atoms with E-state index in [1.807, 2.05) is 11.8 Å². The second-order valence-electron chi connectivity index (χ2n) is 6.04. The maximum absolute atomic E-state index is 12.8. The summed E-state index contributed by atoms with van der Waals surface area (Å²) in [5.41, 5.74) is 0. The summed E-state index contributed by atoms with van der Waals surface area (Å²) in [6.07, 6.45) is 3.06. The zero-order chi connectivity index (χ0) is 15.1. The van der Waals surface area contributed by atoms with Crippen molar-refractivity contribution >= 4 is 17.7 Å². The molecule has 0 aromatic rings. The Morgan fingerprint density at radius 3 is 2.62 bits per heavy atom. The monoisotopic (exact) mass is 314 g/mol. The predicted molar refractivity (Wildman–Crippen MR) is 88.8 cm³/mol. The minimum atomic E-state index is 0.209. The molecule has 2 heterocycles. The van der Waals surface area contributed by atoms with Crippen LogP contribution in [0.15, 0.2) is 0 Å². The highest BCUT2D eigenvalue weighted by Gasteiger charge is 2.30. The van der Waals surface area contributed by atoms with Gasteiger partial charge in [-0.25, -0.2) is 0 Å². The van der Waals surface area contributed by atoms with Gasteiger partial charge >= 0.3 is 0 Å². The highest BCUT2D eigenvalue weighted by molar-refractivity contribution is 7.99. The van der Waals surface area contributed by atoms with Crippen molar-refractivity contribution in [1.29, 1.82) is 0 Å². The summed E-state index contributed by atoms with van der Waals surface area (Å²) in [6.45, 7) is 9.91. The van der Waals surface area contributed by atoms with Crippen LogP contribution in [0.2, 0.25) is 0 Å². The van der Waals surface area contributed by atoms with E-state index in [4.69, 9.17) is 4.74 Å². The lowest BCUT2D eigenvalue weighted by Gasteiger charge is -2.37. The van der Waals surface area contributed by atoms with Crippen LogP contribution in [-0.4, -0.2) is 72.6 Å². The Kier molecular flexibility index (Phi) is 7.34. The van der Waals surface area contributed by atoms with E-state index in [1.165, 1.54) is 5.75 Å². The maximum atomic E-state index is 12.8. The van der Waals surface area contributed by atoms with Gasteiger partial charge < -0.3 is 9.64 Å². The van der Waals surface area contributed by atoms with Crippen molar-refractivity contribution in [1.82, 2.24) is 9.80 Å². The molecule has 2 saturated heterocycles. The minimum Gasteiger partial charge on any atom is -0.379 e. The molecule has 2 aliphatic rings. The lowest BCUT2D eigenvalue weighted by molar-refractivity contribution is -0.138. The molecule has 2 aliphatic heterocycles. The number of hydrogen-bond acceptors (Lipinski definition) is 4. The Hall–Kier alpha value is -0.260. The molecule has 1 atom stereocenters. The third kappa shape index (κ3) is 4.86. The van der Waals surface area contributed by atoms with E-state index in [0.29, 0.717) is 11.9 Å². The molecule has 4 nitrogen and oxygen atoms in total. The number of ether oxygens (including phenoxy) is 1. The van der Waals surface area contributed by atoms with Crippen LogP contribution < -0.4 is 0 Å². The summed E-state index contributed by atoms with van der Waals surface area (Å²) in [6, 6.07) is 0.378. The van der Waals surface area contributed by atoms with Crippen molar-refractivity contribution in [3.63, 3.8) is 0 Å². The summed E-state index contributed by atoms with van der Waals surface area (Å²) in [5.74, 6) is 2.87. The first-order chi connectivity index (χ1) is 10.3. The highest BCUT2D eigenvalue weighted by atomic mass is 32.2. The highest BCUT2D eigenvalue weighted by Crippen LogP contribution is 2.22. The Morgan fingerprint density at radius 2 is 1.95 bits per heavy atom. The molecule has 0 saturated carbocycles. The van der Waals surface area contributed by atoms with Gasteiger partial charge in [0, 0.05) is 37.8 Å². The van der Waals surface area contributed by atoms with Crippen LogP contribution in [-0.2, 0) is 9.53 Å². The lowest BCUT2D eigenvalue weighted by Crippen LogP contribution is -2.51. The van der Waals surface area contributed by atoms with Crippen LogP contribution in [0, 0.1) is 5.92 Å². The van der Waals surface area contributed by atoms with Gasteiger partial charge in [0.25, 0.3) is 0 Å². The molecule has 0 bridgehead atoms. The van der Waals surface area contributed by atoms with Crippen molar-refractivity contribution in [3.8, 4) is 0 Å². The van der Waals surface area contributed by atoms with Gasteiger partial charge in [-0.15, -0.1) is 0 Å². The number of hydrogen-bond donors (Lipinski definition) is 0. The normalized spacial score (nSPS) is 25.1. The molecule has 2 rings (SSSR count). The first-order valence-corrected chi connectivity index (χ1v) is 9.60. The Labute approximate surface area is 133 Å². The number of carbonyl (C=O) groups is 1. The summed E-state index contributed by atoms with van der Waals surface area (Å²) >= 11 is 2.01. The van der Waals surface area contributed by atoms with Gasteiger partial charge in [-0.2, -0.15) is 11.8 Å². The summed E-state index contributed by atoms with van der Waals surface area (Å²) in [4.78, 5) is 17.5. The van der Waals surface area contributed by atoms with Crippen LogP contribution in [0.5, 0.6) is 0 Å². The van der Waals surface area contributed by atoms with Gasteiger partial charge in [0.05, 0.1) is 19.3 Å². The Morgan fingerprint density at radius 1 is 1.24 bits per heavy atom. The number of thioether (sulfide) groups is 1. The largest absolute Gasteiger partial charge is 0.379 e. The molecule has 122 valence electrons. The molecule has 5 heteroatoms. The standard InChI is InChI=1S/C16H30N2O2S/c1-3-14(4-2)16(19)18-6-5-11-21-13-15(18)12-17-7-9-20-10-8-17/h14-15H,3-13H2,1-2H3. The number of morpholine rings is 1. The van der Waals surface area contributed by atoms with E-state index in [9.17, 15) is 4.79 Å². The van der Waals surface area contributed by atoms with E-state index in [2.05, 4.69) is 23.6 Å². The zero-order valence-corrected chi connectivity index (χ0v) is 14.4. The first kappa shape index (κ1) is 17.1. The molecule has 1 amide bonds. The topological polar surface area (TPSA) is 32.8 Å². The molecule has 1 unspecified atom stereocenters. The van der Waals surface area contributed by atoms with Crippen molar-refractivity contribution in [2.75, 3.05) is 50.9 Å². The summed E-state index contributed by atoms with van der Waals surface area (Å²) in [5, 5.41) is 0. The van der Waals surface area contributed by atoms with Crippen LogP contribution in [0.25, 0.3) is 0 Å². The molecular weight excluding hydrogens is 284 g/mol. The van der Waals surface area contributed by atoms with E-state index in [0.717, 1.165) is 64.4 Å². The SMILES string of the molecule is CCC(CC)C(=O)N1CCCSCC1CN1CCOCC1. The maximum Gasteiger partial charge on any atom is 0.225 e. The molecule has 0 aliphatic carbocycles. The number of rotatable bonds is 5. The van der Waals surface area contributed by atoms with Crippen molar-refractivity contribution in [2.45, 2.75) is 39.2 Å². The van der Waals surface area contributed by atoms with Gasteiger partial charge in [0.15, 0.2) is 0 Å². The fourth-order valence-corrected chi connectivity index (χ4v) is 4.28. The van der Waals surface area contributed by atoms with Gasteiger partial charge in [-0.3, -0.25) is 9.69 Å². The second-order valence-corrected chi connectivity index (χ2v) is 7.19. The van der Waals surface area contributed by atoms with Gasteiger partial charge in [0.1, 0.15) is 0 Å². The minimum absolute atomic E-state index is 0.209. The van der Waals surface area contributed by atoms with Crippen LogP contribution in [0.4, 0.5) is 0 Å². The quantitative estimate of drug-likeness (QED) is 0.778. The number of nitrogens with zero attached hydrogens (tertiary/aromatic N) is 2. The van der Waals surface area contributed by atoms with E-state index in [-0.39, 0.29) is 5.92 Å². The molecule has 21 heavy (non-hydrogen) atoms. The van der Waals surface area contributed by atoms with Crippen molar-refractivity contribution in [2.24, 2.45) is 5.92 Å². The van der Waals surface area contributed by atoms with Gasteiger partial charge in [-0.05, 0) is 25.0 Å². The fraction of sp³-hybridized carbons (Fsp3) is 0.938. The zero-order valence-electron chi connectivity index (χ0n) is 13.6. The van der Waals surface area contributed by atoms with E-state index < -0.39 is 0 Å². The average Bonchev–Trinajstić information content (AvgIpc) is 2.75. The average molecular weight is 314 g/mol. The second kappa shape index (κ2) is 9.01. The van der Waals surface area contributed by atoms with Crippen molar-refractivity contribution in [3.05, 3.63) is 0 Å². The predicted octanol–water partition coefficient (Wildman–Crippen LogP) is 2.09. The van der Waals surface area contributed by atoms with Gasteiger partial charge in [0.2, 0.25) is 5.91 Å². The summed E-state index contributed by atoms with van der Waals surface area (Å²) < 4.78 is 5.43. The third-order valence-electron chi connectivity index (χ3n) is 4.63. The van der Waals surface area contributed by atoms with Gasteiger partial charge in [-0.1, -0.05) is 13.8 Å². The van der Waals surface area contributed by atoms with E-state index >= 15 is 0 Å². The Bertz CT molecular complexity index is 317. The molecular formula is C16H30N2O2S. The first-order valence-electron chi connectivity index (χ1n) is 8.44. The van der Waals surface area contributed by atoms with Crippen LogP contribution in [0.3, 0.4) is 0 Å². The number of amides is 1. The number of carbonyl (C=O) groups excluding carboxylic acids is 1. The molecule has 2 fully saturated rings. The van der Waals surface area contributed by atoms with Crippen LogP contribution in [0.1, 0.15) is 33.1 Å². The summed E-state index contributed by atoms with van der Waals surface area (Å²) in [7, 11) is 0. The molecule has 0 spiro atoms. The molecule has 0 aromatic carbocycles.